The molecular weight excluding hydrogens is 390 g/mol. The molecule has 5 rings (SSSR count). The maximum atomic E-state index is 13.5. The molecule has 6 nitrogen and oxygen atoms in total. The molecule has 0 bridgehead atoms. The van der Waals surface area contributed by atoms with Crippen LogP contribution in [0.2, 0.25) is 5.02 Å². The van der Waals surface area contributed by atoms with Crippen LogP contribution in [-0.4, -0.2) is 27.3 Å². The Balaban J connectivity index is 1.60. The van der Waals surface area contributed by atoms with Crippen LogP contribution in [-0.2, 0) is 13.0 Å². The van der Waals surface area contributed by atoms with Gasteiger partial charge in [-0.25, -0.2) is 4.98 Å². The fourth-order valence-electron chi connectivity index (χ4n) is 3.75. The van der Waals surface area contributed by atoms with Crippen LogP contribution in [0.4, 0.5) is 0 Å². The van der Waals surface area contributed by atoms with E-state index < -0.39 is 0 Å². The van der Waals surface area contributed by atoms with E-state index in [4.69, 9.17) is 16.0 Å². The summed E-state index contributed by atoms with van der Waals surface area (Å²) in [6, 6.07) is 12.3. The van der Waals surface area contributed by atoms with Gasteiger partial charge in [0.05, 0.1) is 22.4 Å². The zero-order valence-corrected chi connectivity index (χ0v) is 16.1. The summed E-state index contributed by atoms with van der Waals surface area (Å²) in [5, 5.41) is 1.18. The molecule has 0 saturated carbocycles. The number of H-pyrrole nitrogens is 1. The summed E-state index contributed by atoms with van der Waals surface area (Å²) in [6.07, 6.45) is 3.89. The van der Waals surface area contributed by atoms with Crippen molar-refractivity contribution in [1.82, 2.24) is 14.9 Å². The quantitative estimate of drug-likeness (QED) is 0.546. The van der Waals surface area contributed by atoms with Gasteiger partial charge in [0, 0.05) is 30.7 Å². The summed E-state index contributed by atoms with van der Waals surface area (Å²) >= 11 is 6.38. The van der Waals surface area contributed by atoms with E-state index in [1.807, 2.05) is 12.1 Å². The Morgan fingerprint density at radius 1 is 1.17 bits per heavy atom. The Hall–Kier alpha value is -3.38. The zero-order chi connectivity index (χ0) is 20.0. The van der Waals surface area contributed by atoms with E-state index in [1.165, 1.54) is 0 Å². The van der Waals surface area contributed by atoms with Crippen molar-refractivity contribution in [3.05, 3.63) is 87.0 Å². The predicted octanol–water partition coefficient (Wildman–Crippen LogP) is 4.04. The van der Waals surface area contributed by atoms with E-state index >= 15 is 0 Å². The average molecular weight is 406 g/mol. The minimum absolute atomic E-state index is 0.107. The third-order valence-corrected chi connectivity index (χ3v) is 5.51. The molecule has 0 aliphatic carbocycles. The Morgan fingerprint density at radius 2 is 2.07 bits per heavy atom. The number of fused-ring (bicyclic) bond motifs is 2. The van der Waals surface area contributed by atoms with Crippen LogP contribution in [0.1, 0.15) is 21.5 Å². The number of hydrogen-bond acceptors (Lipinski definition) is 4. The second-order valence-electron chi connectivity index (χ2n) is 6.99. The van der Waals surface area contributed by atoms with Crippen LogP contribution in [0.3, 0.4) is 0 Å². The Morgan fingerprint density at radius 3 is 2.90 bits per heavy atom. The van der Waals surface area contributed by atoms with Crippen molar-refractivity contribution in [3.63, 3.8) is 0 Å². The lowest BCUT2D eigenvalue weighted by Crippen LogP contribution is -2.36. The van der Waals surface area contributed by atoms with Gasteiger partial charge in [-0.1, -0.05) is 23.7 Å². The number of aromatic nitrogens is 2. The van der Waals surface area contributed by atoms with Crippen molar-refractivity contribution in [2.24, 2.45) is 0 Å². The number of furan rings is 1. The average Bonchev–Trinajstić information content (AvgIpc) is 3.27. The molecule has 7 heteroatoms. The van der Waals surface area contributed by atoms with Gasteiger partial charge < -0.3 is 14.3 Å². The van der Waals surface area contributed by atoms with Crippen molar-refractivity contribution in [2.45, 2.75) is 13.0 Å². The summed E-state index contributed by atoms with van der Waals surface area (Å²) in [5.41, 5.74) is 3.45. The number of pyridine rings is 2. The molecule has 0 unspecified atom stereocenters. The molecular formula is C22H16ClN3O3. The number of amides is 1. The van der Waals surface area contributed by atoms with Gasteiger partial charge in [0.25, 0.3) is 5.91 Å². The number of para-hydroxylation sites is 1. The molecule has 0 saturated heterocycles. The summed E-state index contributed by atoms with van der Waals surface area (Å²) in [5.74, 6) is 0.465. The lowest BCUT2D eigenvalue weighted by molar-refractivity contribution is 0.0736. The number of nitrogens with one attached hydrogen (secondary N) is 1. The maximum Gasteiger partial charge on any atom is 0.254 e. The van der Waals surface area contributed by atoms with E-state index in [0.717, 1.165) is 11.1 Å². The van der Waals surface area contributed by atoms with Crippen LogP contribution >= 0.6 is 11.6 Å². The molecule has 144 valence electrons. The molecule has 29 heavy (non-hydrogen) atoms. The second-order valence-corrected chi connectivity index (χ2v) is 7.40. The number of carbonyl (C=O) groups is 1. The first-order valence-corrected chi connectivity index (χ1v) is 9.61. The predicted molar refractivity (Wildman–Crippen MR) is 110 cm³/mol. The fourth-order valence-corrected chi connectivity index (χ4v) is 3.97. The minimum atomic E-state index is -0.124. The van der Waals surface area contributed by atoms with Crippen LogP contribution in [0.25, 0.3) is 22.4 Å². The van der Waals surface area contributed by atoms with Crippen LogP contribution in [0, 0.1) is 0 Å². The van der Waals surface area contributed by atoms with Crippen LogP contribution < -0.4 is 5.56 Å². The molecule has 1 aromatic carbocycles. The molecule has 4 heterocycles. The van der Waals surface area contributed by atoms with Crippen LogP contribution in [0.15, 0.2) is 64.1 Å². The number of hydrogen-bond donors (Lipinski definition) is 1. The number of nitrogens with zero attached hydrogens (tertiary/aromatic N) is 2. The SMILES string of the molecule is O=C(c1cc(-c2ccco2)nc2c(Cl)cccc12)N1CCc2cc(=O)[nH]cc2C1. The molecule has 1 aliphatic heterocycles. The number of carbonyl (C=O) groups excluding carboxylic acids is 1. The van der Waals surface area contributed by atoms with Gasteiger partial charge >= 0.3 is 0 Å². The Labute approximate surface area is 170 Å². The number of benzene rings is 1. The summed E-state index contributed by atoms with van der Waals surface area (Å²) in [4.78, 5) is 34.1. The van der Waals surface area contributed by atoms with E-state index in [9.17, 15) is 9.59 Å². The van der Waals surface area contributed by atoms with Crippen LogP contribution in [0.5, 0.6) is 0 Å². The third-order valence-electron chi connectivity index (χ3n) is 5.20. The highest BCUT2D eigenvalue weighted by atomic mass is 35.5. The highest BCUT2D eigenvalue weighted by molar-refractivity contribution is 6.35. The minimum Gasteiger partial charge on any atom is -0.463 e. The van der Waals surface area contributed by atoms with Gasteiger partial charge in [-0.05, 0) is 41.8 Å². The Kier molecular flexibility index (Phi) is 4.21. The Bertz CT molecular complexity index is 1290. The van der Waals surface area contributed by atoms with Crippen molar-refractivity contribution < 1.29 is 9.21 Å². The van der Waals surface area contributed by atoms with Crippen molar-refractivity contribution in [1.29, 1.82) is 0 Å². The zero-order valence-electron chi connectivity index (χ0n) is 15.3. The van der Waals surface area contributed by atoms with E-state index in [2.05, 4.69) is 9.97 Å². The highest BCUT2D eigenvalue weighted by Gasteiger charge is 2.25. The molecule has 1 aliphatic rings. The fraction of sp³-hybridized carbons (Fsp3) is 0.136. The van der Waals surface area contributed by atoms with E-state index in [1.54, 1.807) is 47.7 Å². The summed E-state index contributed by atoms with van der Waals surface area (Å²) < 4.78 is 5.48. The van der Waals surface area contributed by atoms with Gasteiger partial charge in [0.15, 0.2) is 5.76 Å². The summed E-state index contributed by atoms with van der Waals surface area (Å²) in [6.45, 7) is 0.973. The first-order chi connectivity index (χ1) is 14.1. The topological polar surface area (TPSA) is 79.2 Å². The number of rotatable bonds is 2. The van der Waals surface area contributed by atoms with Crippen molar-refractivity contribution in [2.75, 3.05) is 6.54 Å². The smallest absolute Gasteiger partial charge is 0.254 e. The molecule has 0 radical (unpaired) electrons. The molecule has 1 N–H and O–H groups in total. The van der Waals surface area contributed by atoms with Gasteiger partial charge in [0.1, 0.15) is 5.69 Å². The highest BCUT2D eigenvalue weighted by Crippen LogP contribution is 2.31. The normalized spacial score (nSPS) is 13.5. The number of halogens is 1. The van der Waals surface area contributed by atoms with Gasteiger partial charge in [-0.3, -0.25) is 9.59 Å². The lowest BCUT2D eigenvalue weighted by Gasteiger charge is -2.29. The second kappa shape index (κ2) is 6.90. The first-order valence-electron chi connectivity index (χ1n) is 9.23. The molecule has 3 aromatic heterocycles. The van der Waals surface area contributed by atoms with Gasteiger partial charge in [0.2, 0.25) is 5.56 Å². The summed E-state index contributed by atoms with van der Waals surface area (Å²) in [7, 11) is 0. The van der Waals surface area contributed by atoms with Gasteiger partial charge in [-0.2, -0.15) is 0 Å². The van der Waals surface area contributed by atoms with Crippen molar-refractivity contribution in [3.8, 4) is 11.5 Å². The van der Waals surface area contributed by atoms with Crippen molar-refractivity contribution >= 4 is 28.4 Å². The molecule has 0 fully saturated rings. The molecule has 1 amide bonds. The maximum absolute atomic E-state index is 13.5. The van der Waals surface area contributed by atoms with E-state index in [-0.39, 0.29) is 11.5 Å². The van der Waals surface area contributed by atoms with Gasteiger partial charge in [-0.15, -0.1) is 0 Å². The number of aromatic amines is 1. The standard InChI is InChI=1S/C22H16ClN3O3/c23-17-4-1-3-15-16(10-18(25-21(15)17)19-5-2-8-29-19)22(28)26-7-6-13-9-20(27)24-11-14(13)12-26/h1-5,8-11H,6-7,12H2,(H,24,27). The lowest BCUT2D eigenvalue weighted by atomic mass is 10.00. The largest absolute Gasteiger partial charge is 0.463 e. The monoisotopic (exact) mass is 405 g/mol. The molecule has 0 atom stereocenters. The molecule has 0 spiro atoms. The molecule has 4 aromatic rings. The first kappa shape index (κ1) is 17.7. The van der Waals surface area contributed by atoms with E-state index in [0.29, 0.717) is 52.5 Å². The third kappa shape index (κ3) is 3.11.